The minimum atomic E-state index is -0.787. The van der Waals surface area contributed by atoms with Gasteiger partial charge in [0.05, 0.1) is 11.7 Å². The molecule has 1 saturated carbocycles. The molecule has 0 saturated heterocycles. The zero-order valence-corrected chi connectivity index (χ0v) is 15.2. The second-order valence-electron chi connectivity index (χ2n) is 7.20. The molecule has 2 unspecified atom stereocenters. The topological polar surface area (TPSA) is 55.8 Å². The van der Waals surface area contributed by atoms with Crippen LogP contribution in [0.25, 0.3) is 0 Å². The number of rotatable bonds is 6. The van der Waals surface area contributed by atoms with Gasteiger partial charge in [0.15, 0.2) is 5.60 Å². The van der Waals surface area contributed by atoms with Crippen molar-refractivity contribution in [1.29, 1.82) is 0 Å². The van der Waals surface area contributed by atoms with E-state index in [1.807, 2.05) is 37.3 Å². The first-order valence-corrected chi connectivity index (χ1v) is 9.42. The number of esters is 1. The SMILES string of the molecule is CCCOC(c1ccccc1)C(C)C1=C(O)C2(CCCCC2)OC1=O. The van der Waals surface area contributed by atoms with Crippen molar-refractivity contribution in [2.24, 2.45) is 5.92 Å². The highest BCUT2D eigenvalue weighted by molar-refractivity contribution is 5.93. The number of aliphatic hydroxyl groups excluding tert-OH is 1. The van der Waals surface area contributed by atoms with E-state index in [1.165, 1.54) is 0 Å². The minimum absolute atomic E-state index is 0.144. The summed E-state index contributed by atoms with van der Waals surface area (Å²) in [5.41, 5.74) is 0.623. The van der Waals surface area contributed by atoms with Gasteiger partial charge in [-0.15, -0.1) is 0 Å². The average molecular weight is 344 g/mol. The van der Waals surface area contributed by atoms with Gasteiger partial charge in [-0.3, -0.25) is 0 Å². The molecule has 1 aromatic rings. The lowest BCUT2D eigenvalue weighted by atomic mass is 9.81. The van der Waals surface area contributed by atoms with E-state index in [0.717, 1.165) is 31.2 Å². The summed E-state index contributed by atoms with van der Waals surface area (Å²) in [6, 6.07) is 9.90. The van der Waals surface area contributed by atoms with Gasteiger partial charge < -0.3 is 14.6 Å². The standard InChI is InChI=1S/C21H28O4/c1-3-14-24-18(16-10-6-4-7-11-16)15(2)17-19(22)21(25-20(17)23)12-8-5-9-13-21/h4,6-7,10-11,15,18,22H,3,5,8-9,12-14H2,1-2H3. The van der Waals surface area contributed by atoms with Crippen molar-refractivity contribution in [3.05, 3.63) is 47.2 Å². The lowest BCUT2D eigenvalue weighted by Gasteiger charge is -2.31. The van der Waals surface area contributed by atoms with Gasteiger partial charge in [0.2, 0.25) is 0 Å². The number of carbonyl (C=O) groups excluding carboxylic acids is 1. The molecule has 0 amide bonds. The monoisotopic (exact) mass is 344 g/mol. The largest absolute Gasteiger partial charge is 0.507 e. The lowest BCUT2D eigenvalue weighted by Crippen LogP contribution is -2.34. The molecule has 4 nitrogen and oxygen atoms in total. The minimum Gasteiger partial charge on any atom is -0.507 e. The molecule has 4 heteroatoms. The van der Waals surface area contributed by atoms with E-state index in [-0.39, 0.29) is 23.8 Å². The Morgan fingerprint density at radius 2 is 1.88 bits per heavy atom. The Balaban J connectivity index is 1.92. The van der Waals surface area contributed by atoms with E-state index < -0.39 is 5.60 Å². The Bertz CT molecular complexity index is 629. The second-order valence-corrected chi connectivity index (χ2v) is 7.20. The predicted molar refractivity (Wildman–Crippen MR) is 96.2 cm³/mol. The van der Waals surface area contributed by atoms with Crippen molar-refractivity contribution in [3.8, 4) is 0 Å². The summed E-state index contributed by atoms with van der Waals surface area (Å²) in [7, 11) is 0. The maximum atomic E-state index is 12.6. The van der Waals surface area contributed by atoms with Crippen molar-refractivity contribution in [3.63, 3.8) is 0 Å². The number of hydrogen-bond acceptors (Lipinski definition) is 4. The van der Waals surface area contributed by atoms with E-state index in [0.29, 0.717) is 25.0 Å². The van der Waals surface area contributed by atoms with Crippen LogP contribution in [0.15, 0.2) is 41.7 Å². The zero-order valence-electron chi connectivity index (χ0n) is 15.2. The molecule has 1 spiro atoms. The van der Waals surface area contributed by atoms with Crippen LogP contribution < -0.4 is 0 Å². The molecule has 1 heterocycles. The lowest BCUT2D eigenvalue weighted by molar-refractivity contribution is -0.151. The molecule has 2 aliphatic rings. The molecule has 1 fully saturated rings. The van der Waals surface area contributed by atoms with Crippen LogP contribution in [-0.4, -0.2) is 23.3 Å². The summed E-state index contributed by atoms with van der Waals surface area (Å²) >= 11 is 0. The van der Waals surface area contributed by atoms with Crippen molar-refractivity contribution >= 4 is 5.97 Å². The van der Waals surface area contributed by atoms with Crippen LogP contribution in [0, 0.1) is 5.92 Å². The van der Waals surface area contributed by atoms with Crippen molar-refractivity contribution in [2.75, 3.05) is 6.61 Å². The second kappa shape index (κ2) is 7.61. The quantitative estimate of drug-likeness (QED) is 0.749. The van der Waals surface area contributed by atoms with Gasteiger partial charge >= 0.3 is 5.97 Å². The van der Waals surface area contributed by atoms with Gasteiger partial charge in [0, 0.05) is 12.5 Å². The molecule has 1 aliphatic heterocycles. The normalized spacial score (nSPS) is 22.1. The van der Waals surface area contributed by atoms with Crippen LogP contribution in [0.1, 0.15) is 64.0 Å². The molecule has 0 radical (unpaired) electrons. The summed E-state index contributed by atoms with van der Waals surface area (Å²) in [5, 5.41) is 10.9. The fourth-order valence-corrected chi connectivity index (χ4v) is 4.05. The third-order valence-corrected chi connectivity index (χ3v) is 5.40. The molecular formula is C21H28O4. The Morgan fingerprint density at radius 3 is 2.52 bits per heavy atom. The number of ether oxygens (including phenoxy) is 2. The van der Waals surface area contributed by atoms with E-state index in [4.69, 9.17) is 9.47 Å². The Hall–Kier alpha value is -1.81. The van der Waals surface area contributed by atoms with Crippen LogP contribution in [0.5, 0.6) is 0 Å². The number of hydrogen-bond donors (Lipinski definition) is 1. The van der Waals surface area contributed by atoms with E-state index in [2.05, 4.69) is 6.92 Å². The van der Waals surface area contributed by atoms with Crippen LogP contribution >= 0.6 is 0 Å². The molecule has 3 rings (SSSR count). The maximum Gasteiger partial charge on any atom is 0.338 e. The molecule has 2 atom stereocenters. The summed E-state index contributed by atoms with van der Waals surface area (Å²) < 4.78 is 11.8. The third-order valence-electron chi connectivity index (χ3n) is 5.40. The van der Waals surface area contributed by atoms with Crippen LogP contribution in [-0.2, 0) is 14.3 Å². The fourth-order valence-electron chi connectivity index (χ4n) is 4.05. The van der Waals surface area contributed by atoms with Gasteiger partial charge in [0.1, 0.15) is 5.76 Å². The molecule has 25 heavy (non-hydrogen) atoms. The smallest absolute Gasteiger partial charge is 0.338 e. The summed E-state index contributed by atoms with van der Waals surface area (Å²) in [6.45, 7) is 4.62. The van der Waals surface area contributed by atoms with Gasteiger partial charge in [0.25, 0.3) is 0 Å². The first-order valence-electron chi connectivity index (χ1n) is 9.42. The summed E-state index contributed by atoms with van der Waals surface area (Å²) in [6.07, 6.45) is 5.14. The van der Waals surface area contributed by atoms with Crippen LogP contribution in [0.3, 0.4) is 0 Å². The van der Waals surface area contributed by atoms with Crippen LogP contribution in [0.4, 0.5) is 0 Å². The highest BCUT2D eigenvalue weighted by Gasteiger charge is 2.50. The summed E-state index contributed by atoms with van der Waals surface area (Å²) in [5.74, 6) is -0.499. The first kappa shape index (κ1) is 18.0. The third kappa shape index (κ3) is 3.45. The van der Waals surface area contributed by atoms with Crippen molar-refractivity contribution < 1.29 is 19.4 Å². The summed E-state index contributed by atoms with van der Waals surface area (Å²) in [4.78, 5) is 12.6. The van der Waals surface area contributed by atoms with Gasteiger partial charge in [-0.25, -0.2) is 4.79 Å². The average Bonchev–Trinajstić information content (AvgIpc) is 2.86. The maximum absolute atomic E-state index is 12.6. The van der Waals surface area contributed by atoms with Gasteiger partial charge in [-0.05, 0) is 37.7 Å². The molecular weight excluding hydrogens is 316 g/mol. The van der Waals surface area contributed by atoms with E-state index >= 15 is 0 Å². The number of aliphatic hydroxyl groups is 1. The predicted octanol–water partition coefficient (Wildman–Crippen LogP) is 4.86. The zero-order chi connectivity index (χ0) is 17.9. The Kier molecular flexibility index (Phi) is 5.48. The Labute approximate surface area is 149 Å². The van der Waals surface area contributed by atoms with E-state index in [9.17, 15) is 9.90 Å². The molecule has 1 aromatic carbocycles. The fraction of sp³-hybridized carbons (Fsp3) is 0.571. The highest BCUT2D eigenvalue weighted by Crippen LogP contribution is 2.46. The van der Waals surface area contributed by atoms with Gasteiger partial charge in [-0.1, -0.05) is 50.6 Å². The molecule has 1 N–H and O–H groups in total. The highest BCUT2D eigenvalue weighted by atomic mass is 16.6. The molecule has 136 valence electrons. The molecule has 0 bridgehead atoms. The number of carbonyl (C=O) groups is 1. The Morgan fingerprint density at radius 1 is 1.20 bits per heavy atom. The van der Waals surface area contributed by atoms with Crippen molar-refractivity contribution in [2.45, 2.75) is 64.1 Å². The molecule has 0 aromatic heterocycles. The van der Waals surface area contributed by atoms with Gasteiger partial charge in [-0.2, -0.15) is 0 Å². The van der Waals surface area contributed by atoms with Crippen LogP contribution in [0.2, 0.25) is 0 Å². The van der Waals surface area contributed by atoms with Crippen molar-refractivity contribution in [1.82, 2.24) is 0 Å². The first-order chi connectivity index (χ1) is 12.1. The number of benzene rings is 1. The molecule has 1 aliphatic carbocycles. The van der Waals surface area contributed by atoms with E-state index in [1.54, 1.807) is 0 Å².